The molecule has 0 aliphatic rings. The summed E-state index contributed by atoms with van der Waals surface area (Å²) in [7, 11) is 0. The summed E-state index contributed by atoms with van der Waals surface area (Å²) in [5.41, 5.74) is 2.65. The minimum Gasteiger partial charge on any atom is -0.369 e. The number of halogens is 5. The van der Waals surface area contributed by atoms with Crippen molar-refractivity contribution in [2.75, 3.05) is 5.75 Å². The van der Waals surface area contributed by atoms with Crippen LogP contribution in [0.3, 0.4) is 0 Å². The van der Waals surface area contributed by atoms with Gasteiger partial charge < -0.3 is 9.30 Å². The van der Waals surface area contributed by atoms with Crippen molar-refractivity contribution in [3.05, 3.63) is 145 Å². The van der Waals surface area contributed by atoms with Crippen LogP contribution in [0.4, 0.5) is 13.2 Å². The van der Waals surface area contributed by atoms with Gasteiger partial charge in [0.1, 0.15) is 11.6 Å². The third-order valence-corrected chi connectivity index (χ3v) is 8.37. The molecule has 5 rings (SSSR count). The molecule has 0 spiro atoms. The highest BCUT2D eigenvalue weighted by molar-refractivity contribution is 7.99. The summed E-state index contributed by atoms with van der Waals surface area (Å²) < 4.78 is 49.7. The van der Waals surface area contributed by atoms with Crippen LogP contribution in [0.2, 0.25) is 10.0 Å². The first-order valence-electron chi connectivity index (χ1n) is 13.6. The summed E-state index contributed by atoms with van der Waals surface area (Å²) in [6, 6.07) is 20.8. The molecule has 5 nitrogen and oxygen atoms in total. The van der Waals surface area contributed by atoms with Crippen molar-refractivity contribution in [3.63, 3.8) is 0 Å². The van der Waals surface area contributed by atoms with Gasteiger partial charge in [0.05, 0.1) is 35.0 Å². The van der Waals surface area contributed by atoms with Crippen LogP contribution in [0.5, 0.6) is 0 Å². The Bertz CT molecular complexity index is 1840. The van der Waals surface area contributed by atoms with Crippen LogP contribution < -0.4 is 5.56 Å². The average Bonchev–Trinajstić information content (AvgIpc) is 3.00. The van der Waals surface area contributed by atoms with E-state index in [-0.39, 0.29) is 24.8 Å². The second-order valence-corrected chi connectivity index (χ2v) is 11.9. The Balaban J connectivity index is 1.32. The van der Waals surface area contributed by atoms with Crippen molar-refractivity contribution in [2.24, 2.45) is 0 Å². The predicted molar refractivity (Wildman–Crippen MR) is 168 cm³/mol. The number of aryl methyl sites for hydroxylation is 1. The number of rotatable bonds is 11. The van der Waals surface area contributed by atoms with E-state index in [1.54, 1.807) is 30.5 Å². The Labute approximate surface area is 266 Å². The van der Waals surface area contributed by atoms with Crippen molar-refractivity contribution in [1.29, 1.82) is 0 Å². The molecule has 0 N–H and O–H groups in total. The summed E-state index contributed by atoms with van der Waals surface area (Å²) in [6.45, 7) is 1.88. The minimum atomic E-state index is -0.909. The van der Waals surface area contributed by atoms with Crippen LogP contribution in [-0.4, -0.2) is 20.3 Å². The van der Waals surface area contributed by atoms with Gasteiger partial charge in [0.25, 0.3) is 5.56 Å². The molecule has 0 aliphatic heterocycles. The van der Waals surface area contributed by atoms with E-state index in [1.807, 2.05) is 37.3 Å². The lowest BCUT2D eigenvalue weighted by Crippen LogP contribution is -2.23. The lowest BCUT2D eigenvalue weighted by atomic mass is 10.1. The van der Waals surface area contributed by atoms with E-state index in [4.69, 9.17) is 27.9 Å². The fourth-order valence-corrected chi connectivity index (χ4v) is 5.75. The van der Waals surface area contributed by atoms with Gasteiger partial charge in [0.15, 0.2) is 11.0 Å². The van der Waals surface area contributed by atoms with E-state index < -0.39 is 23.0 Å². The summed E-state index contributed by atoms with van der Waals surface area (Å²) in [4.78, 5) is 21.7. The standard InChI is InChI=1S/C33H26Cl2F3N3O2S/c1-20-13-30(24-15-29(38)32(42)41(18-24)17-21-7-10-26(34)27(35)14-21)40-33(39-20)44-12-11-31(22-5-3-2-4-6-22)43-19-23-8-9-25(36)16-28(23)37/h2-10,13-16,18,31H,11-12,17,19H2,1H3. The zero-order valence-electron chi connectivity index (χ0n) is 23.4. The number of ether oxygens (including phenoxy) is 1. The molecule has 0 aliphatic carbocycles. The molecule has 11 heteroatoms. The summed E-state index contributed by atoms with van der Waals surface area (Å²) in [5.74, 6) is -1.66. The molecule has 0 radical (unpaired) electrons. The van der Waals surface area contributed by atoms with Gasteiger partial charge in [-0.2, -0.15) is 0 Å². The minimum absolute atomic E-state index is 0.0229. The first-order chi connectivity index (χ1) is 21.2. The maximum atomic E-state index is 14.8. The maximum absolute atomic E-state index is 14.8. The van der Waals surface area contributed by atoms with Gasteiger partial charge in [-0.1, -0.05) is 77.4 Å². The van der Waals surface area contributed by atoms with Crippen molar-refractivity contribution in [2.45, 2.75) is 37.8 Å². The average molecular weight is 657 g/mol. The molecule has 2 heterocycles. The van der Waals surface area contributed by atoms with E-state index in [9.17, 15) is 18.0 Å². The molecule has 3 aromatic carbocycles. The summed E-state index contributed by atoms with van der Waals surface area (Å²) >= 11 is 13.5. The van der Waals surface area contributed by atoms with Crippen LogP contribution in [0.15, 0.2) is 95.0 Å². The number of nitrogens with zero attached hydrogens (tertiary/aromatic N) is 3. The quantitative estimate of drug-likeness (QED) is 0.105. The monoisotopic (exact) mass is 655 g/mol. The van der Waals surface area contributed by atoms with E-state index >= 15 is 0 Å². The largest absolute Gasteiger partial charge is 0.369 e. The highest BCUT2D eigenvalue weighted by Gasteiger charge is 2.16. The molecule has 0 fully saturated rings. The number of hydrogen-bond donors (Lipinski definition) is 0. The maximum Gasteiger partial charge on any atom is 0.286 e. The third-order valence-electron chi connectivity index (χ3n) is 6.75. The van der Waals surface area contributed by atoms with E-state index in [0.29, 0.717) is 49.9 Å². The van der Waals surface area contributed by atoms with Crippen LogP contribution in [-0.2, 0) is 17.9 Å². The van der Waals surface area contributed by atoms with Crippen LogP contribution in [0, 0.1) is 24.4 Å². The number of benzene rings is 3. The Kier molecular flexibility index (Phi) is 10.4. The molecular formula is C33H26Cl2F3N3O2S. The SMILES string of the molecule is Cc1cc(-c2cc(F)c(=O)n(Cc3ccc(Cl)c(Cl)c3)c2)nc(SCCC(OCc2ccc(F)cc2F)c2ccccc2)n1. The number of hydrogen-bond acceptors (Lipinski definition) is 5. The molecular weight excluding hydrogens is 630 g/mol. The number of thioether (sulfide) groups is 1. The molecule has 1 atom stereocenters. The van der Waals surface area contributed by atoms with Crippen molar-refractivity contribution < 1.29 is 17.9 Å². The van der Waals surface area contributed by atoms with Crippen LogP contribution in [0.25, 0.3) is 11.3 Å². The Hall–Kier alpha value is -3.63. The van der Waals surface area contributed by atoms with Gasteiger partial charge >= 0.3 is 0 Å². The second kappa shape index (κ2) is 14.4. The smallest absolute Gasteiger partial charge is 0.286 e. The Morgan fingerprint density at radius 3 is 2.45 bits per heavy atom. The molecule has 0 saturated carbocycles. The van der Waals surface area contributed by atoms with Gasteiger partial charge in [-0.05, 0) is 54.8 Å². The van der Waals surface area contributed by atoms with E-state index in [2.05, 4.69) is 9.97 Å². The van der Waals surface area contributed by atoms with Crippen molar-refractivity contribution in [3.8, 4) is 11.3 Å². The molecule has 0 bridgehead atoms. The first kappa shape index (κ1) is 31.8. The lowest BCUT2D eigenvalue weighted by molar-refractivity contribution is 0.0363. The topological polar surface area (TPSA) is 57.0 Å². The van der Waals surface area contributed by atoms with Crippen molar-refractivity contribution >= 4 is 35.0 Å². The molecule has 226 valence electrons. The highest BCUT2D eigenvalue weighted by Crippen LogP contribution is 2.29. The van der Waals surface area contributed by atoms with Crippen LogP contribution >= 0.6 is 35.0 Å². The van der Waals surface area contributed by atoms with Gasteiger partial charge in [-0.15, -0.1) is 0 Å². The molecule has 2 aromatic heterocycles. The zero-order chi connectivity index (χ0) is 31.2. The fraction of sp³-hybridized carbons (Fsp3) is 0.182. The van der Waals surface area contributed by atoms with Gasteiger partial charge in [-0.3, -0.25) is 4.79 Å². The van der Waals surface area contributed by atoms with E-state index in [0.717, 1.165) is 17.7 Å². The molecule has 44 heavy (non-hydrogen) atoms. The Morgan fingerprint density at radius 2 is 1.70 bits per heavy atom. The van der Waals surface area contributed by atoms with Crippen molar-refractivity contribution in [1.82, 2.24) is 14.5 Å². The molecule has 0 saturated heterocycles. The fourth-order valence-electron chi connectivity index (χ4n) is 4.55. The highest BCUT2D eigenvalue weighted by atomic mass is 35.5. The first-order valence-corrected chi connectivity index (χ1v) is 15.3. The van der Waals surface area contributed by atoms with Gasteiger partial charge in [-0.25, -0.2) is 23.1 Å². The zero-order valence-corrected chi connectivity index (χ0v) is 25.8. The molecule has 1 unspecified atom stereocenters. The predicted octanol–water partition coefficient (Wildman–Crippen LogP) is 8.83. The third kappa shape index (κ3) is 8.09. The second-order valence-electron chi connectivity index (χ2n) is 10.0. The molecule has 5 aromatic rings. The normalized spacial score (nSPS) is 12.0. The Morgan fingerprint density at radius 1 is 0.909 bits per heavy atom. The van der Waals surface area contributed by atoms with Gasteiger partial charge in [0, 0.05) is 34.8 Å². The van der Waals surface area contributed by atoms with Crippen LogP contribution in [0.1, 0.15) is 34.9 Å². The van der Waals surface area contributed by atoms with Gasteiger partial charge in [0.2, 0.25) is 0 Å². The van der Waals surface area contributed by atoms with E-state index in [1.165, 1.54) is 28.5 Å². The number of aromatic nitrogens is 3. The lowest BCUT2D eigenvalue weighted by Gasteiger charge is -2.19. The summed E-state index contributed by atoms with van der Waals surface area (Å²) in [6.07, 6.45) is 1.74. The molecule has 0 amide bonds. The summed E-state index contributed by atoms with van der Waals surface area (Å²) in [5, 5.41) is 1.19. The number of pyridine rings is 1.